The van der Waals surface area contributed by atoms with Crippen molar-refractivity contribution in [3.8, 4) is 0 Å². The van der Waals surface area contributed by atoms with Gasteiger partial charge in [-0.1, -0.05) is 0 Å². The van der Waals surface area contributed by atoms with E-state index in [9.17, 15) is 29.0 Å². The van der Waals surface area contributed by atoms with E-state index in [1.807, 2.05) is 0 Å². The normalized spacial score (nSPS) is 30.0. The minimum atomic E-state index is -4.47. The number of rotatable bonds is 12. The first kappa shape index (κ1) is 32.5. The second kappa shape index (κ2) is 12.8. The van der Waals surface area contributed by atoms with Gasteiger partial charge in [-0.15, -0.1) is 0 Å². The summed E-state index contributed by atoms with van der Waals surface area (Å²) in [5, 5.41) is 21.4. The van der Waals surface area contributed by atoms with E-state index >= 15 is 0 Å². The fourth-order valence-electron chi connectivity index (χ4n) is 4.61. The molecule has 5 unspecified atom stereocenters. The zero-order valence-corrected chi connectivity index (χ0v) is 24.9. The Kier molecular flexibility index (Phi) is 9.47. The lowest BCUT2D eigenvalue weighted by atomic mass is 10.1. The van der Waals surface area contributed by atoms with Gasteiger partial charge in [-0.2, -0.15) is 4.98 Å². The van der Waals surface area contributed by atoms with E-state index < -0.39 is 77.5 Å². The Hall–Kier alpha value is -2.91. The van der Waals surface area contributed by atoms with Crippen molar-refractivity contribution in [1.82, 2.24) is 29.1 Å². The number of aliphatic hydroxyl groups excluding tert-OH is 2. The molecule has 0 amide bonds. The molecule has 44 heavy (non-hydrogen) atoms. The Labute approximate surface area is 247 Å². The van der Waals surface area contributed by atoms with E-state index in [0.717, 1.165) is 18.8 Å². The molecule has 2 aliphatic heterocycles. The zero-order chi connectivity index (χ0) is 31.8. The number of imidazole rings is 1. The number of fused-ring (bicyclic) bond motifs is 1. The molecular formula is C21H30N8O13P2. The molecule has 242 valence electrons. The van der Waals surface area contributed by atoms with Crippen LogP contribution in [0.15, 0.2) is 29.7 Å². The van der Waals surface area contributed by atoms with Crippen LogP contribution >= 0.6 is 15.6 Å². The Morgan fingerprint density at radius 3 is 2.48 bits per heavy atom. The summed E-state index contributed by atoms with van der Waals surface area (Å²) in [4.78, 5) is 37.8. The van der Waals surface area contributed by atoms with Crippen LogP contribution in [0.25, 0.3) is 11.2 Å². The van der Waals surface area contributed by atoms with Gasteiger partial charge in [-0.3, -0.25) is 31.8 Å². The fraction of sp³-hybridized carbons (Fsp3) is 0.571. The number of nitrogen functional groups attached to an aromatic ring is 2. The van der Waals surface area contributed by atoms with Crippen molar-refractivity contribution in [3.63, 3.8) is 0 Å². The van der Waals surface area contributed by atoms with Gasteiger partial charge in [0.1, 0.15) is 54.4 Å². The summed E-state index contributed by atoms with van der Waals surface area (Å²) < 4.78 is 64.9. The van der Waals surface area contributed by atoms with Crippen molar-refractivity contribution in [2.75, 3.05) is 38.9 Å². The highest BCUT2D eigenvalue weighted by atomic mass is 31.2. The molecule has 9 atom stereocenters. The van der Waals surface area contributed by atoms with E-state index in [-0.39, 0.29) is 29.2 Å². The lowest BCUT2D eigenvalue weighted by Crippen LogP contribution is -2.34. The van der Waals surface area contributed by atoms with Crippen molar-refractivity contribution in [3.05, 3.63) is 35.4 Å². The summed E-state index contributed by atoms with van der Waals surface area (Å²) in [6.07, 6.45) is -5.13. The topological polar surface area (TPSA) is 290 Å². The van der Waals surface area contributed by atoms with Crippen molar-refractivity contribution in [2.24, 2.45) is 0 Å². The van der Waals surface area contributed by atoms with Crippen LogP contribution in [0.4, 0.5) is 11.6 Å². The highest BCUT2D eigenvalue weighted by Crippen LogP contribution is 2.53. The number of anilines is 2. The summed E-state index contributed by atoms with van der Waals surface area (Å²) >= 11 is 0. The van der Waals surface area contributed by atoms with Gasteiger partial charge >= 0.3 is 21.3 Å². The molecule has 23 heteroatoms. The van der Waals surface area contributed by atoms with Gasteiger partial charge in [0.05, 0.1) is 19.5 Å². The first-order valence-electron chi connectivity index (χ1n) is 12.8. The number of ether oxygens (including phenoxy) is 2. The molecule has 0 aliphatic carbocycles. The van der Waals surface area contributed by atoms with E-state index in [1.54, 1.807) is 0 Å². The molecule has 0 saturated carbocycles. The van der Waals surface area contributed by atoms with Crippen LogP contribution in [0.2, 0.25) is 0 Å². The van der Waals surface area contributed by atoms with Crippen LogP contribution in [0.1, 0.15) is 18.9 Å². The zero-order valence-electron chi connectivity index (χ0n) is 23.1. The van der Waals surface area contributed by atoms with Crippen molar-refractivity contribution >= 4 is 38.4 Å². The minimum absolute atomic E-state index is 0.0298. The smallest absolute Gasteiger partial charge is 0.387 e. The van der Waals surface area contributed by atoms with Crippen molar-refractivity contribution in [1.29, 1.82) is 0 Å². The third-order valence-electron chi connectivity index (χ3n) is 6.86. The molecule has 5 heterocycles. The molecule has 21 nitrogen and oxygen atoms in total. The standard InChI is InChI=1S/C21H30N8O13P2/c1-36-43(33,34)38-6-11-10(5-14(40-11)28-4-3-13(22)27-21(28)32)42-44(35,37-2)39-7-12-16(30)17(31)20(41-12)29-9-26-15-18(23)24-8-25-19(15)29/h3-4,8-12,14,16-17,20,30-31H,5-7H2,1-2H3,(H,33,34)(H2,22,27,32)(H2,23,24,25)/t10?,11-,12-,14-,16?,17?,20-,44?/m1/s1. The second-order valence-corrected chi connectivity index (χ2v) is 12.8. The van der Waals surface area contributed by atoms with Crippen LogP contribution in [-0.2, 0) is 41.2 Å². The first-order chi connectivity index (χ1) is 20.8. The third kappa shape index (κ3) is 6.69. The van der Waals surface area contributed by atoms with Gasteiger partial charge in [-0.05, 0) is 6.07 Å². The monoisotopic (exact) mass is 664 g/mol. The van der Waals surface area contributed by atoms with E-state index in [4.69, 9.17) is 39.0 Å². The van der Waals surface area contributed by atoms with Crippen LogP contribution < -0.4 is 17.2 Å². The van der Waals surface area contributed by atoms with E-state index in [1.165, 1.54) is 29.5 Å². The molecule has 2 fully saturated rings. The highest BCUT2D eigenvalue weighted by Gasteiger charge is 2.47. The Morgan fingerprint density at radius 1 is 1.02 bits per heavy atom. The largest absolute Gasteiger partial charge is 0.474 e. The van der Waals surface area contributed by atoms with Crippen LogP contribution in [0, 0.1) is 0 Å². The van der Waals surface area contributed by atoms with Crippen LogP contribution in [-0.4, -0.2) is 102 Å². The predicted molar refractivity (Wildman–Crippen MR) is 145 cm³/mol. The number of nitrogens with zero attached hydrogens (tertiary/aromatic N) is 6. The molecule has 5 rings (SSSR count). The average Bonchev–Trinajstić information content (AvgIpc) is 3.67. The molecule has 7 N–H and O–H groups in total. The number of phosphoric acid groups is 2. The Morgan fingerprint density at radius 2 is 1.77 bits per heavy atom. The number of nitrogens with two attached hydrogens (primary N) is 2. The van der Waals surface area contributed by atoms with Crippen LogP contribution in [0.5, 0.6) is 0 Å². The summed E-state index contributed by atoms with van der Waals surface area (Å²) in [7, 11) is -6.94. The Bertz CT molecular complexity index is 1640. The number of aliphatic hydroxyl groups is 2. The molecule has 3 aromatic heterocycles. The molecule has 0 spiro atoms. The van der Waals surface area contributed by atoms with Gasteiger partial charge in [-0.25, -0.2) is 28.9 Å². The maximum atomic E-state index is 13.5. The van der Waals surface area contributed by atoms with Crippen molar-refractivity contribution < 1.29 is 56.3 Å². The fourth-order valence-corrected chi connectivity index (χ4v) is 6.18. The van der Waals surface area contributed by atoms with Crippen LogP contribution in [0.3, 0.4) is 0 Å². The molecular weight excluding hydrogens is 634 g/mol. The summed E-state index contributed by atoms with van der Waals surface area (Å²) in [5.74, 6) is 0.0704. The van der Waals surface area contributed by atoms with Crippen molar-refractivity contribution in [2.45, 2.75) is 49.4 Å². The maximum Gasteiger partial charge on any atom is 0.474 e. The third-order valence-corrected chi connectivity index (χ3v) is 9.24. The number of aromatic nitrogens is 6. The predicted octanol–water partition coefficient (Wildman–Crippen LogP) is -0.926. The maximum absolute atomic E-state index is 13.5. The molecule has 3 aromatic rings. The number of hydrogen-bond acceptors (Lipinski definition) is 18. The quantitative estimate of drug-likeness (QED) is 0.146. The minimum Gasteiger partial charge on any atom is -0.387 e. The molecule has 0 aromatic carbocycles. The summed E-state index contributed by atoms with van der Waals surface area (Å²) in [5.41, 5.74) is 11.1. The lowest BCUT2D eigenvalue weighted by molar-refractivity contribution is -0.0601. The first-order valence-corrected chi connectivity index (χ1v) is 15.8. The molecule has 0 bridgehead atoms. The van der Waals surface area contributed by atoms with Gasteiger partial charge in [0, 0.05) is 26.8 Å². The average molecular weight is 664 g/mol. The van der Waals surface area contributed by atoms with E-state index in [0.29, 0.717) is 0 Å². The van der Waals surface area contributed by atoms with Gasteiger partial charge < -0.3 is 36.0 Å². The van der Waals surface area contributed by atoms with Gasteiger partial charge in [0.25, 0.3) is 0 Å². The summed E-state index contributed by atoms with van der Waals surface area (Å²) in [6, 6.07) is 1.35. The summed E-state index contributed by atoms with van der Waals surface area (Å²) in [6.45, 7) is -1.17. The second-order valence-electron chi connectivity index (χ2n) is 9.55. The SMILES string of the molecule is COP(=O)(O)OC[C@H]1O[C@@H](n2ccc(N)nc2=O)CC1OP(=O)(OC)OC[C@H]1O[C@@H](n2cnc3c(N)ncnc32)C(O)C1O. The molecule has 2 aliphatic rings. The Balaban J connectivity index is 1.29. The van der Waals surface area contributed by atoms with Gasteiger partial charge in [0.2, 0.25) is 0 Å². The molecule has 2 saturated heterocycles. The van der Waals surface area contributed by atoms with E-state index in [2.05, 4.69) is 24.5 Å². The van der Waals surface area contributed by atoms with Gasteiger partial charge in [0.15, 0.2) is 17.7 Å². The number of phosphoric ester groups is 2. The molecule has 0 radical (unpaired) electrons. The highest BCUT2D eigenvalue weighted by molar-refractivity contribution is 7.48. The number of hydrogen-bond donors (Lipinski definition) is 5. The lowest BCUT2D eigenvalue weighted by Gasteiger charge is -2.24.